The first-order valence-electron chi connectivity index (χ1n) is 7.54. The van der Waals surface area contributed by atoms with Crippen molar-refractivity contribution in [2.45, 2.75) is 6.92 Å². The number of fused-ring (bicyclic) bond motifs is 1. The van der Waals surface area contributed by atoms with Gasteiger partial charge in [-0.25, -0.2) is 4.98 Å². The van der Waals surface area contributed by atoms with Crippen molar-refractivity contribution in [1.82, 2.24) is 19.5 Å². The SMILES string of the molecule is Cc1ccc(-c2nc3c(=O)[nH]c(N)nc3n2-c2ccccc2)cc1. The van der Waals surface area contributed by atoms with Gasteiger partial charge in [0.05, 0.1) is 0 Å². The molecule has 0 radical (unpaired) electrons. The molecule has 4 rings (SSSR count). The Morgan fingerprint density at radius 2 is 1.71 bits per heavy atom. The molecule has 0 aliphatic rings. The lowest BCUT2D eigenvalue weighted by Crippen LogP contribution is -2.12. The molecule has 0 atom stereocenters. The molecule has 0 bridgehead atoms. The first-order chi connectivity index (χ1) is 11.6. The zero-order valence-electron chi connectivity index (χ0n) is 13.0. The van der Waals surface area contributed by atoms with Crippen LogP contribution in [-0.2, 0) is 0 Å². The van der Waals surface area contributed by atoms with Gasteiger partial charge in [-0.05, 0) is 19.1 Å². The first kappa shape index (κ1) is 14.2. The number of hydrogen-bond acceptors (Lipinski definition) is 4. The highest BCUT2D eigenvalue weighted by Gasteiger charge is 2.18. The van der Waals surface area contributed by atoms with Crippen molar-refractivity contribution in [3.63, 3.8) is 0 Å². The maximum atomic E-state index is 12.2. The summed E-state index contributed by atoms with van der Waals surface area (Å²) in [4.78, 5) is 23.6. The molecule has 0 aliphatic heterocycles. The highest BCUT2D eigenvalue weighted by molar-refractivity contribution is 5.80. The molecule has 0 saturated carbocycles. The van der Waals surface area contributed by atoms with Crippen molar-refractivity contribution in [2.24, 2.45) is 0 Å². The van der Waals surface area contributed by atoms with E-state index in [0.717, 1.165) is 16.8 Å². The van der Waals surface area contributed by atoms with Crippen LogP contribution in [0, 0.1) is 6.92 Å². The Labute approximate surface area is 137 Å². The van der Waals surface area contributed by atoms with Gasteiger partial charge in [-0.15, -0.1) is 0 Å². The largest absolute Gasteiger partial charge is 0.369 e. The molecule has 2 heterocycles. The summed E-state index contributed by atoms with van der Waals surface area (Å²) < 4.78 is 1.85. The topological polar surface area (TPSA) is 89.6 Å². The Morgan fingerprint density at radius 1 is 1.00 bits per heavy atom. The minimum Gasteiger partial charge on any atom is -0.369 e. The lowest BCUT2D eigenvalue weighted by Gasteiger charge is -2.09. The van der Waals surface area contributed by atoms with Gasteiger partial charge in [0.2, 0.25) is 5.95 Å². The van der Waals surface area contributed by atoms with E-state index in [0.29, 0.717) is 11.5 Å². The summed E-state index contributed by atoms with van der Waals surface area (Å²) in [7, 11) is 0. The van der Waals surface area contributed by atoms with Gasteiger partial charge < -0.3 is 5.73 Å². The van der Waals surface area contributed by atoms with Crippen LogP contribution in [-0.4, -0.2) is 19.5 Å². The quantitative estimate of drug-likeness (QED) is 0.595. The van der Waals surface area contributed by atoms with Crippen LogP contribution in [0.4, 0.5) is 5.95 Å². The molecule has 6 nitrogen and oxygen atoms in total. The van der Waals surface area contributed by atoms with Crippen LogP contribution in [0.2, 0.25) is 0 Å². The van der Waals surface area contributed by atoms with E-state index in [1.807, 2.05) is 66.1 Å². The number of aromatic amines is 1. The lowest BCUT2D eigenvalue weighted by molar-refractivity contribution is 1.07. The fraction of sp³-hybridized carbons (Fsp3) is 0.0556. The number of nitrogens with zero attached hydrogens (tertiary/aromatic N) is 3. The molecule has 3 N–H and O–H groups in total. The van der Waals surface area contributed by atoms with Crippen molar-refractivity contribution in [2.75, 3.05) is 5.73 Å². The number of hydrogen-bond donors (Lipinski definition) is 2. The van der Waals surface area contributed by atoms with E-state index >= 15 is 0 Å². The molecule has 0 unspecified atom stereocenters. The van der Waals surface area contributed by atoms with Gasteiger partial charge in [-0.2, -0.15) is 4.98 Å². The van der Waals surface area contributed by atoms with Crippen LogP contribution in [0.15, 0.2) is 59.4 Å². The van der Waals surface area contributed by atoms with Crippen LogP contribution in [0.3, 0.4) is 0 Å². The van der Waals surface area contributed by atoms with Crippen molar-refractivity contribution < 1.29 is 0 Å². The number of benzene rings is 2. The number of rotatable bonds is 2. The lowest BCUT2D eigenvalue weighted by atomic mass is 10.1. The van der Waals surface area contributed by atoms with Gasteiger partial charge in [0.1, 0.15) is 5.82 Å². The molecule has 4 aromatic rings. The smallest absolute Gasteiger partial charge is 0.280 e. The van der Waals surface area contributed by atoms with E-state index < -0.39 is 0 Å². The van der Waals surface area contributed by atoms with Crippen LogP contribution < -0.4 is 11.3 Å². The molecule has 2 aromatic carbocycles. The zero-order chi connectivity index (χ0) is 16.7. The summed E-state index contributed by atoms with van der Waals surface area (Å²) in [5.74, 6) is 0.722. The first-order valence-corrected chi connectivity index (χ1v) is 7.54. The van der Waals surface area contributed by atoms with Crippen LogP contribution in [0.5, 0.6) is 0 Å². The molecule has 118 valence electrons. The number of anilines is 1. The predicted molar refractivity (Wildman–Crippen MR) is 94.1 cm³/mol. The Kier molecular flexibility index (Phi) is 3.16. The third-order valence-electron chi connectivity index (χ3n) is 3.86. The highest BCUT2D eigenvalue weighted by Crippen LogP contribution is 2.26. The number of nitrogens with two attached hydrogens (primary N) is 1. The molecule has 0 amide bonds. The van der Waals surface area contributed by atoms with Crippen molar-refractivity contribution in [3.8, 4) is 17.1 Å². The van der Waals surface area contributed by atoms with Crippen molar-refractivity contribution in [3.05, 3.63) is 70.5 Å². The molecule has 0 fully saturated rings. The molecule has 24 heavy (non-hydrogen) atoms. The van der Waals surface area contributed by atoms with E-state index in [9.17, 15) is 4.79 Å². The standard InChI is InChI=1S/C18H15N5O/c1-11-7-9-12(10-8-11)15-20-14-16(21-18(19)22-17(14)24)23(15)13-5-3-2-4-6-13/h2-10H,1H3,(H3,19,21,22,24). The summed E-state index contributed by atoms with van der Waals surface area (Å²) in [6, 6.07) is 17.7. The van der Waals surface area contributed by atoms with Gasteiger partial charge in [-0.3, -0.25) is 14.3 Å². The van der Waals surface area contributed by atoms with Gasteiger partial charge in [0.15, 0.2) is 11.2 Å². The molecule has 6 heteroatoms. The maximum Gasteiger partial charge on any atom is 0.280 e. The summed E-state index contributed by atoms with van der Waals surface area (Å²) in [5, 5.41) is 0. The Balaban J connectivity index is 2.11. The summed E-state index contributed by atoms with van der Waals surface area (Å²) in [6.45, 7) is 2.02. The fourth-order valence-electron chi connectivity index (χ4n) is 2.70. The summed E-state index contributed by atoms with van der Waals surface area (Å²) in [5.41, 5.74) is 9.02. The zero-order valence-corrected chi connectivity index (χ0v) is 13.0. The monoisotopic (exact) mass is 317 g/mol. The fourth-order valence-corrected chi connectivity index (χ4v) is 2.70. The molecular weight excluding hydrogens is 302 g/mol. The Bertz CT molecular complexity index is 1080. The number of H-pyrrole nitrogens is 1. The minimum atomic E-state index is -0.347. The van der Waals surface area contributed by atoms with E-state index in [1.165, 1.54) is 0 Å². The van der Waals surface area contributed by atoms with Gasteiger partial charge >= 0.3 is 0 Å². The predicted octanol–water partition coefficient (Wildman–Crippen LogP) is 2.67. The van der Waals surface area contributed by atoms with Gasteiger partial charge in [0, 0.05) is 11.3 Å². The van der Waals surface area contributed by atoms with Crippen molar-refractivity contribution >= 4 is 17.1 Å². The second-order valence-corrected chi connectivity index (χ2v) is 5.60. The second-order valence-electron chi connectivity index (χ2n) is 5.60. The molecule has 2 aromatic heterocycles. The second kappa shape index (κ2) is 5.34. The third kappa shape index (κ3) is 2.25. The summed E-state index contributed by atoms with van der Waals surface area (Å²) in [6.07, 6.45) is 0. The average molecular weight is 317 g/mol. The van der Waals surface area contributed by atoms with Crippen LogP contribution >= 0.6 is 0 Å². The molecule has 0 saturated heterocycles. The average Bonchev–Trinajstić information content (AvgIpc) is 2.96. The Morgan fingerprint density at radius 3 is 2.42 bits per heavy atom. The number of para-hydroxylation sites is 1. The van der Waals surface area contributed by atoms with Crippen LogP contribution in [0.1, 0.15) is 5.56 Å². The number of nitrogen functional groups attached to an aromatic ring is 1. The molecule has 0 spiro atoms. The third-order valence-corrected chi connectivity index (χ3v) is 3.86. The number of nitrogens with one attached hydrogen (secondary N) is 1. The number of aryl methyl sites for hydroxylation is 1. The van der Waals surface area contributed by atoms with E-state index in [4.69, 9.17) is 5.73 Å². The van der Waals surface area contributed by atoms with Crippen LogP contribution in [0.25, 0.3) is 28.2 Å². The molecular formula is C18H15N5O. The Hall–Kier alpha value is -3.41. The van der Waals surface area contributed by atoms with E-state index in [-0.39, 0.29) is 17.0 Å². The van der Waals surface area contributed by atoms with Gasteiger partial charge in [0.25, 0.3) is 5.56 Å². The summed E-state index contributed by atoms with van der Waals surface area (Å²) >= 11 is 0. The van der Waals surface area contributed by atoms with E-state index in [2.05, 4.69) is 15.0 Å². The van der Waals surface area contributed by atoms with Gasteiger partial charge in [-0.1, -0.05) is 48.0 Å². The maximum absolute atomic E-state index is 12.2. The normalized spacial score (nSPS) is 11.0. The molecule has 0 aliphatic carbocycles. The minimum absolute atomic E-state index is 0.0695. The number of imidazole rings is 1. The number of aromatic nitrogens is 4. The van der Waals surface area contributed by atoms with Crippen molar-refractivity contribution in [1.29, 1.82) is 0 Å². The highest BCUT2D eigenvalue weighted by atomic mass is 16.1. The van der Waals surface area contributed by atoms with E-state index in [1.54, 1.807) is 0 Å².